The maximum Gasteiger partial charge on any atom is 0.253 e. The molecule has 11 nitrogen and oxygen atoms in total. The summed E-state index contributed by atoms with van der Waals surface area (Å²) in [5.74, 6) is -0.171. The molecular weight excluding hydrogens is 441 g/mol. The summed E-state index contributed by atoms with van der Waals surface area (Å²) in [5.41, 5.74) is 2.23. The molecule has 12 heteroatoms. The molecule has 2 saturated heterocycles. The van der Waals surface area contributed by atoms with Crippen LogP contribution in [0.5, 0.6) is 0 Å². The second-order valence-electron chi connectivity index (χ2n) is 8.38. The van der Waals surface area contributed by atoms with Crippen LogP contribution in [-0.2, 0) is 16.0 Å². The van der Waals surface area contributed by atoms with Crippen LogP contribution in [0.1, 0.15) is 28.4 Å². The minimum absolute atomic E-state index is 0.00795. The molecule has 174 valence electrons. The molecule has 0 saturated carbocycles. The summed E-state index contributed by atoms with van der Waals surface area (Å²) in [7, 11) is 0. The van der Waals surface area contributed by atoms with Crippen LogP contribution in [0.4, 0.5) is 4.39 Å². The van der Waals surface area contributed by atoms with E-state index in [1.165, 1.54) is 17.1 Å². The van der Waals surface area contributed by atoms with E-state index in [0.29, 0.717) is 43.3 Å². The van der Waals surface area contributed by atoms with Gasteiger partial charge in [0, 0.05) is 38.6 Å². The molecule has 1 aromatic carbocycles. The highest BCUT2D eigenvalue weighted by Crippen LogP contribution is 2.31. The van der Waals surface area contributed by atoms with Crippen molar-refractivity contribution in [3.63, 3.8) is 0 Å². The fourth-order valence-electron chi connectivity index (χ4n) is 4.48. The summed E-state index contributed by atoms with van der Waals surface area (Å²) >= 11 is 0. The van der Waals surface area contributed by atoms with Gasteiger partial charge in [-0.1, -0.05) is 6.07 Å². The number of rotatable bonds is 4. The zero-order chi connectivity index (χ0) is 23.7. The number of amides is 1. The Kier molecular flexibility index (Phi) is 5.95. The van der Waals surface area contributed by atoms with E-state index < -0.39 is 5.82 Å². The van der Waals surface area contributed by atoms with Crippen molar-refractivity contribution < 1.29 is 13.9 Å². The molecular formula is C22H22FN9O2. The van der Waals surface area contributed by atoms with Gasteiger partial charge in [0.2, 0.25) is 5.91 Å². The van der Waals surface area contributed by atoms with Crippen molar-refractivity contribution in [2.24, 2.45) is 0 Å². The minimum atomic E-state index is -0.514. The normalized spacial score (nSPS) is 20.6. The first-order valence-corrected chi connectivity index (χ1v) is 10.9. The number of morpholine rings is 1. The summed E-state index contributed by atoms with van der Waals surface area (Å²) in [6.45, 7) is 4.74. The van der Waals surface area contributed by atoms with E-state index in [-0.39, 0.29) is 30.0 Å². The number of fused-ring (bicyclic) bond motifs is 1. The lowest BCUT2D eigenvalue weighted by atomic mass is 9.96. The monoisotopic (exact) mass is 463 g/mol. The number of hydrogen-bond acceptors (Lipinski definition) is 9. The molecule has 5 rings (SSSR count). The predicted molar refractivity (Wildman–Crippen MR) is 115 cm³/mol. The molecule has 2 atom stereocenters. The van der Waals surface area contributed by atoms with Crippen LogP contribution in [0, 0.1) is 24.1 Å². The Morgan fingerprint density at radius 3 is 2.82 bits per heavy atom. The van der Waals surface area contributed by atoms with Gasteiger partial charge in [0.1, 0.15) is 18.2 Å². The molecule has 0 radical (unpaired) electrons. The van der Waals surface area contributed by atoms with Gasteiger partial charge in [-0.3, -0.25) is 9.69 Å². The van der Waals surface area contributed by atoms with Gasteiger partial charge in [-0.15, -0.1) is 5.10 Å². The highest BCUT2D eigenvalue weighted by atomic mass is 19.1. The number of benzene rings is 1. The topological polar surface area (TPSA) is 126 Å². The first kappa shape index (κ1) is 22.0. The molecule has 0 bridgehead atoms. The predicted octanol–water partition coefficient (Wildman–Crippen LogP) is 0.598. The third-order valence-electron chi connectivity index (χ3n) is 6.36. The summed E-state index contributed by atoms with van der Waals surface area (Å²) in [6, 6.07) is 5.05. The molecule has 2 aliphatic rings. The molecule has 2 unspecified atom stereocenters. The van der Waals surface area contributed by atoms with Gasteiger partial charge in [-0.05, 0) is 40.1 Å². The van der Waals surface area contributed by atoms with E-state index in [4.69, 9.17) is 4.74 Å². The van der Waals surface area contributed by atoms with E-state index in [2.05, 4.69) is 30.4 Å². The molecule has 0 aliphatic carbocycles. The van der Waals surface area contributed by atoms with Gasteiger partial charge in [-0.2, -0.15) is 9.94 Å². The standard InChI is InChI=1S/C22H22FN9O2/c1-14-17(2-3-19(23)18(14)7-24)20-11-30-4-5-31(10-16(30)12-34-20)21(33)6-15-8-25-22(26-9-15)32-13-27-28-29-32/h2-3,8-9,13,16,20H,4-6,10-12H2,1H3. The number of nitriles is 1. The quantitative estimate of drug-likeness (QED) is 0.547. The second kappa shape index (κ2) is 9.20. The van der Waals surface area contributed by atoms with Crippen molar-refractivity contribution in [3.05, 3.63) is 58.9 Å². The number of carbonyl (C=O) groups excluding carboxylic acids is 1. The molecule has 4 heterocycles. The summed E-state index contributed by atoms with van der Waals surface area (Å²) in [5, 5.41) is 20.1. The van der Waals surface area contributed by atoms with Gasteiger partial charge in [-0.25, -0.2) is 14.4 Å². The average molecular weight is 463 g/mol. The van der Waals surface area contributed by atoms with Gasteiger partial charge in [0.05, 0.1) is 30.7 Å². The Morgan fingerprint density at radius 1 is 1.26 bits per heavy atom. The van der Waals surface area contributed by atoms with Crippen LogP contribution < -0.4 is 0 Å². The van der Waals surface area contributed by atoms with Crippen molar-refractivity contribution in [1.82, 2.24) is 40.0 Å². The molecule has 3 aromatic rings. The largest absolute Gasteiger partial charge is 0.370 e. The summed E-state index contributed by atoms with van der Waals surface area (Å²) in [6.07, 6.45) is 4.58. The van der Waals surface area contributed by atoms with Crippen molar-refractivity contribution in [2.45, 2.75) is 25.5 Å². The van der Waals surface area contributed by atoms with Gasteiger partial charge in [0.25, 0.3) is 5.95 Å². The molecule has 2 aliphatic heterocycles. The lowest BCUT2D eigenvalue weighted by molar-refractivity contribution is -0.139. The molecule has 1 amide bonds. The van der Waals surface area contributed by atoms with Crippen LogP contribution in [-0.4, -0.2) is 84.7 Å². The minimum Gasteiger partial charge on any atom is -0.370 e. The second-order valence-corrected chi connectivity index (χ2v) is 8.38. The maximum absolute atomic E-state index is 13.9. The lowest BCUT2D eigenvalue weighted by Crippen LogP contribution is -2.59. The fourth-order valence-corrected chi connectivity index (χ4v) is 4.48. The van der Waals surface area contributed by atoms with Crippen LogP contribution in [0.15, 0.2) is 30.9 Å². The van der Waals surface area contributed by atoms with E-state index in [0.717, 1.165) is 12.1 Å². The zero-order valence-corrected chi connectivity index (χ0v) is 18.5. The van der Waals surface area contributed by atoms with Crippen LogP contribution in [0.3, 0.4) is 0 Å². The summed E-state index contributed by atoms with van der Waals surface area (Å²) in [4.78, 5) is 25.5. The number of halogens is 1. The Morgan fingerprint density at radius 2 is 2.09 bits per heavy atom. The third-order valence-corrected chi connectivity index (χ3v) is 6.36. The van der Waals surface area contributed by atoms with Gasteiger partial charge in [0.15, 0.2) is 0 Å². The number of aromatic nitrogens is 6. The van der Waals surface area contributed by atoms with E-state index in [1.807, 2.05) is 11.0 Å². The number of piperazine rings is 1. The Hall–Kier alpha value is -3.82. The van der Waals surface area contributed by atoms with Crippen molar-refractivity contribution in [3.8, 4) is 12.0 Å². The first-order chi connectivity index (χ1) is 16.5. The number of ether oxygens (including phenoxy) is 1. The molecule has 2 fully saturated rings. The van der Waals surface area contributed by atoms with Gasteiger partial charge < -0.3 is 9.64 Å². The highest BCUT2D eigenvalue weighted by Gasteiger charge is 2.36. The molecule has 2 aromatic heterocycles. The molecule has 0 N–H and O–H groups in total. The Labute approximate surface area is 194 Å². The first-order valence-electron chi connectivity index (χ1n) is 10.9. The van der Waals surface area contributed by atoms with E-state index >= 15 is 0 Å². The number of tetrazole rings is 1. The van der Waals surface area contributed by atoms with Crippen LogP contribution in [0.2, 0.25) is 0 Å². The molecule has 34 heavy (non-hydrogen) atoms. The van der Waals surface area contributed by atoms with E-state index in [9.17, 15) is 14.4 Å². The maximum atomic E-state index is 13.9. The number of hydrogen-bond donors (Lipinski definition) is 0. The van der Waals surface area contributed by atoms with Crippen molar-refractivity contribution in [1.29, 1.82) is 5.26 Å². The number of nitrogens with zero attached hydrogens (tertiary/aromatic N) is 9. The highest BCUT2D eigenvalue weighted by molar-refractivity contribution is 5.78. The zero-order valence-electron chi connectivity index (χ0n) is 18.5. The molecule has 0 spiro atoms. The SMILES string of the molecule is Cc1c(C2CN3CCN(C(=O)Cc4cnc(-n5cnnn5)nc4)CC3CO2)ccc(F)c1C#N. The van der Waals surface area contributed by atoms with Crippen molar-refractivity contribution >= 4 is 5.91 Å². The fraction of sp³-hybridized carbons (Fsp3) is 0.409. The lowest BCUT2D eigenvalue weighted by Gasteiger charge is -2.46. The van der Waals surface area contributed by atoms with Crippen LogP contribution >= 0.6 is 0 Å². The van der Waals surface area contributed by atoms with Crippen molar-refractivity contribution in [2.75, 3.05) is 32.8 Å². The number of carbonyl (C=O) groups is 1. The smallest absolute Gasteiger partial charge is 0.253 e. The summed E-state index contributed by atoms with van der Waals surface area (Å²) < 4.78 is 21.3. The Balaban J connectivity index is 1.19. The average Bonchev–Trinajstić information content (AvgIpc) is 3.39. The van der Waals surface area contributed by atoms with Gasteiger partial charge >= 0.3 is 0 Å². The van der Waals surface area contributed by atoms with E-state index in [1.54, 1.807) is 25.4 Å². The van der Waals surface area contributed by atoms with Crippen LogP contribution in [0.25, 0.3) is 5.95 Å². The Bertz CT molecular complexity index is 1230. The third kappa shape index (κ3) is 4.23.